The number of nitrogens with one attached hydrogen (secondary N) is 1. The van der Waals surface area contributed by atoms with E-state index in [9.17, 15) is 4.79 Å². The highest BCUT2D eigenvalue weighted by atomic mass is 16.6. The third-order valence-electron chi connectivity index (χ3n) is 10.9. The summed E-state index contributed by atoms with van der Waals surface area (Å²) >= 11 is 0. The Bertz CT molecular complexity index is 748. The number of allylic oxidation sites excluding steroid dienone is 1. The van der Waals surface area contributed by atoms with Crippen molar-refractivity contribution in [2.24, 2.45) is 52.1 Å². The van der Waals surface area contributed by atoms with Gasteiger partial charge in [0, 0.05) is 19.5 Å². The van der Waals surface area contributed by atoms with Crippen molar-refractivity contribution in [1.82, 2.24) is 5.32 Å². The van der Waals surface area contributed by atoms with Crippen molar-refractivity contribution in [2.45, 2.75) is 111 Å². The molecule has 0 aliphatic heterocycles. The first-order chi connectivity index (χ1) is 16.2. The zero-order valence-corrected chi connectivity index (χ0v) is 22.7. The third kappa shape index (κ3) is 4.95. The predicted molar refractivity (Wildman–Crippen MR) is 140 cm³/mol. The fourth-order valence-electron chi connectivity index (χ4n) is 9.12. The molecule has 0 saturated heterocycles. The van der Waals surface area contributed by atoms with E-state index in [0.717, 1.165) is 54.8 Å². The number of rotatable bonds is 8. The van der Waals surface area contributed by atoms with E-state index in [0.29, 0.717) is 23.9 Å². The summed E-state index contributed by atoms with van der Waals surface area (Å²) in [6.07, 6.45) is 16.5. The molecule has 3 saturated carbocycles. The average molecular weight is 473 g/mol. The van der Waals surface area contributed by atoms with Crippen LogP contribution >= 0.6 is 0 Å². The number of nitrogens with two attached hydrogens (primary N) is 1. The number of carbonyl (C=O) groups excluding carboxylic acids is 1. The summed E-state index contributed by atoms with van der Waals surface area (Å²) in [6.45, 7) is 13.4. The van der Waals surface area contributed by atoms with Gasteiger partial charge in [0.25, 0.3) is 0 Å². The minimum atomic E-state index is -0.304. The Labute approximate surface area is 209 Å². The topological polar surface area (TPSA) is 64.3 Å². The van der Waals surface area contributed by atoms with Crippen molar-refractivity contribution in [2.75, 3.05) is 13.1 Å². The van der Waals surface area contributed by atoms with Gasteiger partial charge < -0.3 is 15.8 Å². The molecule has 0 aromatic heterocycles. The van der Waals surface area contributed by atoms with Crippen LogP contribution in [0.15, 0.2) is 11.6 Å². The molecule has 3 N–H and O–H groups in total. The normalized spacial score (nSPS) is 40.1. The van der Waals surface area contributed by atoms with Crippen LogP contribution in [0, 0.1) is 46.3 Å². The molecule has 1 unspecified atom stereocenters. The molecule has 4 nitrogen and oxygen atoms in total. The van der Waals surface area contributed by atoms with Gasteiger partial charge in [0.15, 0.2) is 0 Å². The Hall–Kier alpha value is -1.03. The number of amides is 1. The molecule has 34 heavy (non-hydrogen) atoms. The van der Waals surface area contributed by atoms with Crippen LogP contribution in [-0.4, -0.2) is 25.3 Å². The lowest BCUT2D eigenvalue weighted by atomic mass is 9.47. The van der Waals surface area contributed by atoms with Gasteiger partial charge in [0.2, 0.25) is 0 Å². The van der Waals surface area contributed by atoms with Gasteiger partial charge in [-0.05, 0) is 91.3 Å². The highest BCUT2D eigenvalue weighted by Crippen LogP contribution is 2.67. The van der Waals surface area contributed by atoms with Gasteiger partial charge in [-0.2, -0.15) is 0 Å². The van der Waals surface area contributed by atoms with Crippen LogP contribution in [0.3, 0.4) is 0 Å². The third-order valence-corrected chi connectivity index (χ3v) is 10.9. The molecule has 194 valence electrons. The molecule has 1 amide bonds. The Morgan fingerprint density at radius 2 is 1.91 bits per heavy atom. The molecule has 4 heteroatoms. The minimum absolute atomic E-state index is 0.0186. The predicted octanol–water partition coefficient (Wildman–Crippen LogP) is 7.08. The molecular formula is C30H52N2O2. The standard InChI is InChI=1S/C30H52N2O2/c1-20(2)7-6-8-21(3)25-11-12-26-24-10-9-22-19-23(34-28(33)32-18-17-31)13-15-29(22,4)27(24)14-16-30(25,26)5/h9,20-21,23-27H,6-8,10-19,31H2,1-5H3,(H,32,33)/t21-,23+,24+,25-,26+,27?,29+,30-/m1/s1. The lowest BCUT2D eigenvalue weighted by molar-refractivity contribution is -0.0581. The van der Waals surface area contributed by atoms with Crippen LogP contribution in [0.2, 0.25) is 0 Å². The number of hydrogen-bond donors (Lipinski definition) is 2. The van der Waals surface area contributed by atoms with Crippen LogP contribution < -0.4 is 11.1 Å². The first-order valence-corrected chi connectivity index (χ1v) is 14.5. The zero-order valence-electron chi connectivity index (χ0n) is 22.7. The van der Waals surface area contributed by atoms with Gasteiger partial charge >= 0.3 is 6.09 Å². The summed E-state index contributed by atoms with van der Waals surface area (Å²) in [6, 6.07) is 0. The maximum absolute atomic E-state index is 12.1. The van der Waals surface area contributed by atoms with Crippen LogP contribution in [-0.2, 0) is 4.74 Å². The fourth-order valence-corrected chi connectivity index (χ4v) is 9.12. The Morgan fingerprint density at radius 3 is 2.65 bits per heavy atom. The van der Waals surface area contributed by atoms with Gasteiger partial charge in [0.1, 0.15) is 6.10 Å². The Morgan fingerprint density at radius 1 is 1.12 bits per heavy atom. The smallest absolute Gasteiger partial charge is 0.407 e. The van der Waals surface area contributed by atoms with Crippen molar-refractivity contribution in [3.63, 3.8) is 0 Å². The number of carbonyl (C=O) groups is 1. The Kier molecular flexibility index (Phi) is 8.06. The van der Waals surface area contributed by atoms with Crippen molar-refractivity contribution in [3.05, 3.63) is 11.6 Å². The molecule has 0 aromatic carbocycles. The fraction of sp³-hybridized carbons (Fsp3) is 0.900. The monoisotopic (exact) mass is 472 g/mol. The van der Waals surface area contributed by atoms with Crippen LogP contribution in [0.1, 0.15) is 105 Å². The van der Waals surface area contributed by atoms with Gasteiger partial charge in [-0.1, -0.05) is 65.5 Å². The number of hydrogen-bond acceptors (Lipinski definition) is 3. The molecule has 3 fully saturated rings. The van der Waals surface area contributed by atoms with E-state index in [1.807, 2.05) is 0 Å². The Balaban J connectivity index is 1.41. The number of alkyl carbamates (subject to hydrolysis) is 1. The van der Waals surface area contributed by atoms with Crippen molar-refractivity contribution < 1.29 is 9.53 Å². The van der Waals surface area contributed by atoms with Gasteiger partial charge in [0.05, 0.1) is 0 Å². The van der Waals surface area contributed by atoms with E-state index in [1.54, 1.807) is 5.57 Å². The van der Waals surface area contributed by atoms with Gasteiger partial charge in [-0.15, -0.1) is 0 Å². The summed E-state index contributed by atoms with van der Waals surface area (Å²) in [5.41, 5.74) is 7.93. The molecule has 4 aliphatic rings. The van der Waals surface area contributed by atoms with Gasteiger partial charge in [-0.25, -0.2) is 4.79 Å². The van der Waals surface area contributed by atoms with E-state index < -0.39 is 0 Å². The van der Waals surface area contributed by atoms with Crippen LogP contribution in [0.5, 0.6) is 0 Å². The van der Waals surface area contributed by atoms with E-state index in [-0.39, 0.29) is 12.2 Å². The maximum Gasteiger partial charge on any atom is 0.407 e. The molecule has 0 heterocycles. The zero-order chi connectivity index (χ0) is 24.5. The highest BCUT2D eigenvalue weighted by Gasteiger charge is 2.59. The van der Waals surface area contributed by atoms with Crippen molar-refractivity contribution >= 4 is 6.09 Å². The lowest BCUT2D eigenvalue weighted by Gasteiger charge is -2.58. The first kappa shape index (κ1) is 26.0. The molecule has 0 spiro atoms. The minimum Gasteiger partial charge on any atom is -0.446 e. The maximum atomic E-state index is 12.1. The first-order valence-electron chi connectivity index (χ1n) is 14.5. The summed E-state index contributed by atoms with van der Waals surface area (Å²) in [4.78, 5) is 12.1. The summed E-state index contributed by atoms with van der Waals surface area (Å²) < 4.78 is 5.75. The second kappa shape index (κ2) is 10.5. The van der Waals surface area contributed by atoms with Crippen molar-refractivity contribution in [3.8, 4) is 0 Å². The van der Waals surface area contributed by atoms with E-state index >= 15 is 0 Å². The number of fused-ring (bicyclic) bond motifs is 5. The van der Waals surface area contributed by atoms with Crippen LogP contribution in [0.25, 0.3) is 0 Å². The summed E-state index contributed by atoms with van der Waals surface area (Å²) in [5.74, 6) is 5.18. The molecule has 8 atom stereocenters. The molecule has 0 bridgehead atoms. The summed E-state index contributed by atoms with van der Waals surface area (Å²) in [5, 5.41) is 2.76. The lowest BCUT2D eigenvalue weighted by Crippen LogP contribution is -2.51. The second-order valence-corrected chi connectivity index (χ2v) is 13.3. The van der Waals surface area contributed by atoms with Gasteiger partial charge in [-0.3, -0.25) is 0 Å². The highest BCUT2D eigenvalue weighted by molar-refractivity contribution is 5.67. The van der Waals surface area contributed by atoms with Crippen molar-refractivity contribution in [1.29, 1.82) is 0 Å². The van der Waals surface area contributed by atoms with E-state index in [4.69, 9.17) is 10.5 Å². The van der Waals surface area contributed by atoms with Crippen LogP contribution in [0.4, 0.5) is 4.79 Å². The quantitative estimate of drug-likeness (QED) is 0.371. The number of ether oxygens (including phenoxy) is 1. The molecule has 4 rings (SSSR count). The molecular weight excluding hydrogens is 420 g/mol. The van der Waals surface area contributed by atoms with E-state index in [2.05, 4.69) is 46.0 Å². The SMILES string of the molecule is CC(C)CCC[C@@H](C)[C@H]1CC[C@H]2[C@@H]3CC=C4C[C@@H](OC(=O)NCCN)CC[C@]4(C)C3CC[C@]12C. The van der Waals surface area contributed by atoms with E-state index in [1.165, 1.54) is 51.4 Å². The average Bonchev–Trinajstić information content (AvgIpc) is 3.15. The molecule has 4 aliphatic carbocycles. The largest absolute Gasteiger partial charge is 0.446 e. The second-order valence-electron chi connectivity index (χ2n) is 13.3. The molecule has 0 radical (unpaired) electrons. The summed E-state index contributed by atoms with van der Waals surface area (Å²) in [7, 11) is 0. The molecule has 0 aromatic rings.